The average Bonchev–Trinajstić information content (AvgIpc) is 3.11. The van der Waals surface area contributed by atoms with E-state index in [0.717, 1.165) is 11.3 Å². The molecular formula is C22H22N2O5. The highest BCUT2D eigenvalue weighted by atomic mass is 16.5. The molecule has 4 rings (SSSR count). The molecule has 0 fully saturated rings. The third-order valence-electron chi connectivity index (χ3n) is 5.34. The lowest BCUT2D eigenvalue weighted by Crippen LogP contribution is -2.31. The summed E-state index contributed by atoms with van der Waals surface area (Å²) in [6.45, 7) is 0.555. The second-order valence-corrected chi connectivity index (χ2v) is 7.27. The zero-order valence-corrected chi connectivity index (χ0v) is 15.9. The molecule has 0 bridgehead atoms. The monoisotopic (exact) mass is 394 g/mol. The zero-order valence-electron chi connectivity index (χ0n) is 15.9. The van der Waals surface area contributed by atoms with E-state index in [1.54, 1.807) is 29.2 Å². The Morgan fingerprint density at radius 3 is 2.83 bits per heavy atom. The fraction of sp³-hybridized carbons (Fsp3) is 0.318. The summed E-state index contributed by atoms with van der Waals surface area (Å²) >= 11 is 0. The molecule has 1 unspecified atom stereocenters. The van der Waals surface area contributed by atoms with Gasteiger partial charge in [-0.05, 0) is 48.2 Å². The van der Waals surface area contributed by atoms with Crippen molar-refractivity contribution in [1.82, 2.24) is 0 Å². The Balaban J connectivity index is 1.31. The highest BCUT2D eigenvalue weighted by molar-refractivity contribution is 5.99. The molecular weight excluding hydrogens is 372 g/mol. The predicted octanol–water partition coefficient (Wildman–Crippen LogP) is 2.95. The van der Waals surface area contributed by atoms with E-state index in [0.29, 0.717) is 42.9 Å². The van der Waals surface area contributed by atoms with E-state index in [-0.39, 0.29) is 24.8 Å². The van der Waals surface area contributed by atoms with Gasteiger partial charge in [-0.1, -0.05) is 18.2 Å². The maximum Gasteiger partial charge on any atom is 0.312 e. The van der Waals surface area contributed by atoms with Gasteiger partial charge in [0, 0.05) is 30.8 Å². The van der Waals surface area contributed by atoms with Crippen molar-refractivity contribution in [3.8, 4) is 5.75 Å². The topological polar surface area (TPSA) is 95.9 Å². The minimum atomic E-state index is -0.917. The third-order valence-corrected chi connectivity index (χ3v) is 5.34. The van der Waals surface area contributed by atoms with E-state index in [2.05, 4.69) is 5.32 Å². The van der Waals surface area contributed by atoms with Gasteiger partial charge >= 0.3 is 5.97 Å². The van der Waals surface area contributed by atoms with Crippen molar-refractivity contribution in [3.05, 3.63) is 53.6 Å². The summed E-state index contributed by atoms with van der Waals surface area (Å²) in [6.07, 6.45) is 1.97. The maximum atomic E-state index is 12.6. The minimum Gasteiger partial charge on any atom is -0.494 e. The van der Waals surface area contributed by atoms with Crippen molar-refractivity contribution in [1.29, 1.82) is 0 Å². The van der Waals surface area contributed by atoms with Gasteiger partial charge in [0.1, 0.15) is 11.7 Å². The van der Waals surface area contributed by atoms with Crippen molar-refractivity contribution in [3.63, 3.8) is 0 Å². The summed E-state index contributed by atoms with van der Waals surface area (Å²) in [7, 11) is 0. The quantitative estimate of drug-likeness (QED) is 0.735. The van der Waals surface area contributed by atoms with Crippen molar-refractivity contribution < 1.29 is 24.2 Å². The number of fused-ring (bicyclic) bond motifs is 2. The predicted molar refractivity (Wildman–Crippen MR) is 107 cm³/mol. The van der Waals surface area contributed by atoms with E-state index < -0.39 is 11.9 Å². The number of carbonyl (C=O) groups is 3. The molecule has 2 amide bonds. The molecule has 0 aromatic heterocycles. The molecule has 2 aliphatic rings. The first-order chi connectivity index (χ1) is 14.0. The number of hydrogen-bond donors (Lipinski definition) is 2. The lowest BCUT2D eigenvalue weighted by Gasteiger charge is -2.18. The van der Waals surface area contributed by atoms with Gasteiger partial charge in [0.05, 0.1) is 6.61 Å². The van der Waals surface area contributed by atoms with E-state index in [4.69, 9.17) is 4.74 Å². The molecule has 0 saturated carbocycles. The van der Waals surface area contributed by atoms with Crippen LogP contribution in [0.2, 0.25) is 0 Å². The van der Waals surface area contributed by atoms with Crippen LogP contribution in [-0.2, 0) is 20.8 Å². The van der Waals surface area contributed by atoms with Crippen molar-refractivity contribution in [2.45, 2.75) is 31.6 Å². The number of para-hydroxylation sites is 1. The lowest BCUT2D eigenvalue weighted by molar-refractivity contribution is -0.138. The molecule has 0 saturated heterocycles. The third kappa shape index (κ3) is 3.94. The number of hydrogen-bond acceptors (Lipinski definition) is 4. The maximum absolute atomic E-state index is 12.6. The van der Waals surface area contributed by atoms with Crippen LogP contribution in [0.5, 0.6) is 5.75 Å². The second kappa shape index (κ2) is 7.95. The van der Waals surface area contributed by atoms with Crippen molar-refractivity contribution in [2.75, 3.05) is 23.4 Å². The van der Waals surface area contributed by atoms with Crippen molar-refractivity contribution >= 4 is 29.2 Å². The largest absolute Gasteiger partial charge is 0.494 e. The number of amides is 2. The molecule has 2 heterocycles. The number of benzene rings is 2. The molecule has 7 heteroatoms. The highest BCUT2D eigenvalue weighted by Gasteiger charge is 2.35. The number of carboxylic acid groups (broad SMARTS) is 1. The van der Waals surface area contributed by atoms with Gasteiger partial charge in [0.15, 0.2) is 0 Å². The summed E-state index contributed by atoms with van der Waals surface area (Å²) in [4.78, 5) is 37.1. The number of aryl methyl sites for hydroxylation is 1. The lowest BCUT2D eigenvalue weighted by atomic mass is 10.0. The van der Waals surface area contributed by atoms with Gasteiger partial charge in [-0.25, -0.2) is 0 Å². The average molecular weight is 394 g/mol. The van der Waals surface area contributed by atoms with Crippen LogP contribution < -0.4 is 15.0 Å². The Bertz CT molecular complexity index is 971. The molecule has 0 radical (unpaired) electrons. The van der Waals surface area contributed by atoms with Gasteiger partial charge in [0.2, 0.25) is 11.8 Å². The molecule has 2 aromatic rings. The number of rotatable bonds is 6. The van der Waals surface area contributed by atoms with Crippen LogP contribution in [0.4, 0.5) is 11.4 Å². The molecule has 2 aliphatic heterocycles. The Kier molecular flexibility index (Phi) is 5.20. The summed E-state index contributed by atoms with van der Waals surface area (Å²) in [6, 6.07) is 12.7. The van der Waals surface area contributed by atoms with Gasteiger partial charge < -0.3 is 20.1 Å². The first-order valence-electron chi connectivity index (χ1n) is 9.70. The van der Waals surface area contributed by atoms with E-state index in [1.165, 1.54) is 0 Å². The first kappa shape index (κ1) is 19.0. The molecule has 1 atom stereocenters. The zero-order chi connectivity index (χ0) is 20.4. The first-order valence-corrected chi connectivity index (χ1v) is 9.70. The second-order valence-electron chi connectivity index (χ2n) is 7.27. The minimum absolute atomic E-state index is 0.0262. The van der Waals surface area contributed by atoms with Crippen LogP contribution >= 0.6 is 0 Å². The highest BCUT2D eigenvalue weighted by Crippen LogP contribution is 2.36. The van der Waals surface area contributed by atoms with Crippen LogP contribution in [0.1, 0.15) is 36.3 Å². The smallest absolute Gasteiger partial charge is 0.312 e. The molecule has 0 spiro atoms. The summed E-state index contributed by atoms with van der Waals surface area (Å²) < 4.78 is 5.76. The Morgan fingerprint density at radius 2 is 2.00 bits per heavy atom. The summed E-state index contributed by atoms with van der Waals surface area (Å²) in [5.74, 6) is -0.955. The van der Waals surface area contributed by atoms with Crippen molar-refractivity contribution in [2.24, 2.45) is 0 Å². The number of anilines is 2. The number of carbonyl (C=O) groups excluding carboxylic acids is 2. The molecule has 0 aliphatic carbocycles. The van der Waals surface area contributed by atoms with Crippen LogP contribution in [0.15, 0.2) is 42.5 Å². The van der Waals surface area contributed by atoms with Gasteiger partial charge in [0.25, 0.3) is 0 Å². The molecule has 2 aromatic carbocycles. The van der Waals surface area contributed by atoms with E-state index >= 15 is 0 Å². The summed E-state index contributed by atoms with van der Waals surface area (Å²) in [5.41, 5.74) is 3.24. The number of nitrogens with one attached hydrogen (secondary N) is 1. The van der Waals surface area contributed by atoms with E-state index in [9.17, 15) is 19.5 Å². The number of carboxylic acids is 1. The standard InChI is InChI=1S/C22H22N2O5/c25-20-10-7-14-12-15(8-9-18(14)23-20)29-11-3-6-21(26)24-13-17(22(27)28)16-4-1-2-5-19(16)24/h1-2,4-5,8-9,12,17H,3,6-7,10-11,13H2,(H,23,25)(H,27,28). The van der Waals surface area contributed by atoms with Gasteiger partial charge in [-0.15, -0.1) is 0 Å². The molecule has 2 N–H and O–H groups in total. The number of nitrogens with zero attached hydrogens (tertiary/aromatic N) is 1. The van der Waals surface area contributed by atoms with Gasteiger partial charge in [-0.2, -0.15) is 0 Å². The van der Waals surface area contributed by atoms with Crippen LogP contribution in [0, 0.1) is 0 Å². The fourth-order valence-electron chi connectivity index (χ4n) is 3.85. The van der Waals surface area contributed by atoms with Crippen LogP contribution in [0.25, 0.3) is 0 Å². The van der Waals surface area contributed by atoms with Crippen LogP contribution in [0.3, 0.4) is 0 Å². The Labute approximate surface area is 168 Å². The SMILES string of the molecule is O=C1CCc2cc(OCCCC(=O)N3CC(C(=O)O)c4ccccc43)ccc2N1. The Morgan fingerprint density at radius 1 is 1.17 bits per heavy atom. The molecule has 7 nitrogen and oxygen atoms in total. The van der Waals surface area contributed by atoms with E-state index in [1.807, 2.05) is 18.2 Å². The Hall–Kier alpha value is -3.35. The molecule has 150 valence electrons. The van der Waals surface area contributed by atoms with Crippen LogP contribution in [-0.4, -0.2) is 36.0 Å². The molecule has 29 heavy (non-hydrogen) atoms. The number of aliphatic carboxylic acids is 1. The van der Waals surface area contributed by atoms with Gasteiger partial charge in [-0.3, -0.25) is 14.4 Å². The number of ether oxygens (including phenoxy) is 1. The fourth-order valence-corrected chi connectivity index (χ4v) is 3.85. The summed E-state index contributed by atoms with van der Waals surface area (Å²) in [5, 5.41) is 12.3. The normalized spacial score (nSPS) is 17.3.